The van der Waals surface area contributed by atoms with Gasteiger partial charge in [-0.1, -0.05) is 46.3 Å². The van der Waals surface area contributed by atoms with Crippen molar-refractivity contribution < 1.29 is 19.1 Å². The summed E-state index contributed by atoms with van der Waals surface area (Å²) in [5.41, 5.74) is 2.12. The minimum Gasteiger partial charge on any atom is -0.496 e. The minimum atomic E-state index is -1.02. The molecule has 1 aliphatic heterocycles. The first-order valence-electron chi connectivity index (χ1n) is 13.2. The van der Waals surface area contributed by atoms with Gasteiger partial charge in [-0.25, -0.2) is 0 Å². The van der Waals surface area contributed by atoms with Gasteiger partial charge >= 0.3 is 0 Å². The molecule has 2 atom stereocenters. The summed E-state index contributed by atoms with van der Waals surface area (Å²) in [5.74, 6) is -0.447. The summed E-state index contributed by atoms with van der Waals surface area (Å²) in [6, 6.07) is 20.6. The number of carbonyl (C=O) groups is 3. The van der Waals surface area contributed by atoms with Crippen molar-refractivity contribution in [3.8, 4) is 5.75 Å². The van der Waals surface area contributed by atoms with Crippen LogP contribution < -0.4 is 25.2 Å². The fourth-order valence-corrected chi connectivity index (χ4v) is 5.34. The number of likely N-dealkylation sites (N-methyl/N-ethyl adjacent to an activating group) is 1. The van der Waals surface area contributed by atoms with Gasteiger partial charge in [0.1, 0.15) is 17.5 Å². The maximum atomic E-state index is 14.3. The number of benzene rings is 3. The molecule has 41 heavy (non-hydrogen) atoms. The van der Waals surface area contributed by atoms with E-state index < -0.39 is 12.1 Å². The largest absolute Gasteiger partial charge is 0.496 e. The zero-order valence-electron chi connectivity index (χ0n) is 22.9. The first kappa shape index (κ1) is 28.3. The third-order valence-electron chi connectivity index (χ3n) is 7.25. The third-order valence-corrected chi connectivity index (χ3v) is 7.74. The van der Waals surface area contributed by atoms with Crippen LogP contribution in [0.1, 0.15) is 23.0 Å². The third kappa shape index (κ3) is 5.66. The van der Waals surface area contributed by atoms with Crippen LogP contribution in [0, 0.1) is 0 Å². The molecule has 4 aromatic rings. The topological polar surface area (TPSA) is 104 Å². The first-order valence-corrected chi connectivity index (χ1v) is 14.0. The number of pyridine rings is 1. The minimum absolute atomic E-state index is 0.0659. The average Bonchev–Trinajstić information content (AvgIpc) is 3.11. The number of para-hydroxylation sites is 2. The van der Waals surface area contributed by atoms with E-state index in [4.69, 9.17) is 4.74 Å². The normalized spacial score (nSPS) is 15.7. The lowest BCUT2D eigenvalue weighted by Crippen LogP contribution is -2.55. The number of rotatable bonds is 7. The van der Waals surface area contributed by atoms with Gasteiger partial charge in [0.2, 0.25) is 5.91 Å². The van der Waals surface area contributed by atoms with Crippen molar-refractivity contribution in [2.75, 3.05) is 30.5 Å². The molecule has 0 bridgehead atoms. The van der Waals surface area contributed by atoms with Crippen molar-refractivity contribution in [3.05, 3.63) is 94.7 Å². The highest BCUT2D eigenvalue weighted by molar-refractivity contribution is 9.10. The fraction of sp³-hybridized carbons (Fsp3) is 0.226. The summed E-state index contributed by atoms with van der Waals surface area (Å²) in [7, 11) is 3.26. The lowest BCUT2D eigenvalue weighted by molar-refractivity contribution is -0.128. The molecule has 1 aromatic heterocycles. The maximum Gasteiger partial charge on any atom is 0.277 e. The van der Waals surface area contributed by atoms with E-state index in [1.54, 1.807) is 62.5 Å². The number of nitrogens with one attached hydrogen (secondary N) is 2. The summed E-state index contributed by atoms with van der Waals surface area (Å²) in [6.45, 7) is 1.79. The van der Waals surface area contributed by atoms with Crippen LogP contribution in [0.2, 0.25) is 0 Å². The van der Waals surface area contributed by atoms with E-state index in [9.17, 15) is 14.4 Å². The monoisotopic (exact) mass is 615 g/mol. The Hall–Kier alpha value is -4.28. The number of ether oxygens (including phenoxy) is 1. The van der Waals surface area contributed by atoms with Crippen LogP contribution >= 0.6 is 15.9 Å². The molecule has 0 saturated carbocycles. The first-order chi connectivity index (χ1) is 19.8. The number of methoxy groups -OCH3 is 1. The molecule has 210 valence electrons. The molecule has 3 aromatic carbocycles. The van der Waals surface area contributed by atoms with Gasteiger partial charge in [0.15, 0.2) is 0 Å². The second kappa shape index (κ2) is 12.1. The van der Waals surface area contributed by atoms with Crippen LogP contribution in [0.3, 0.4) is 0 Å². The summed E-state index contributed by atoms with van der Waals surface area (Å²) >= 11 is 3.54. The van der Waals surface area contributed by atoms with Crippen molar-refractivity contribution >= 4 is 55.8 Å². The van der Waals surface area contributed by atoms with Crippen LogP contribution in [0.15, 0.2) is 83.5 Å². The van der Waals surface area contributed by atoms with Gasteiger partial charge in [-0.2, -0.15) is 0 Å². The number of anilines is 2. The standard InChI is InChI=1S/C31H30BrN5O4/c1-19(33-2)29(38)35-25-18-37(30(39)24-8-6-7-15-34-24)27-10-5-4-9-26(27)36(31(25)40)17-23-22-13-12-21(32)16-20(22)11-14-28(23)41-3/h4-16,19,25,33H,17-18H2,1-3H3,(H,35,38)/t19?,25-/m0/s1. The Kier molecular flexibility index (Phi) is 8.32. The van der Waals surface area contributed by atoms with E-state index >= 15 is 0 Å². The van der Waals surface area contributed by atoms with Crippen LogP contribution in [-0.4, -0.2) is 55.5 Å². The number of nitrogens with zero attached hydrogens (tertiary/aromatic N) is 3. The van der Waals surface area contributed by atoms with Gasteiger partial charge in [0, 0.05) is 16.2 Å². The van der Waals surface area contributed by atoms with Crippen LogP contribution in [-0.2, 0) is 16.1 Å². The van der Waals surface area contributed by atoms with E-state index in [2.05, 4.69) is 31.5 Å². The number of hydrogen-bond acceptors (Lipinski definition) is 6. The van der Waals surface area contributed by atoms with E-state index in [0.717, 1.165) is 20.8 Å². The summed E-state index contributed by atoms with van der Waals surface area (Å²) in [5, 5.41) is 7.68. The Labute approximate surface area is 246 Å². The van der Waals surface area contributed by atoms with Gasteiger partial charge in [-0.15, -0.1) is 0 Å². The molecule has 9 nitrogen and oxygen atoms in total. The van der Waals surface area contributed by atoms with Crippen molar-refractivity contribution in [1.29, 1.82) is 0 Å². The van der Waals surface area contributed by atoms with E-state index in [1.165, 1.54) is 4.90 Å². The Morgan fingerprint density at radius 3 is 2.54 bits per heavy atom. The highest BCUT2D eigenvalue weighted by atomic mass is 79.9. The van der Waals surface area contributed by atoms with E-state index in [1.807, 2.05) is 42.5 Å². The van der Waals surface area contributed by atoms with E-state index in [-0.39, 0.29) is 36.5 Å². The van der Waals surface area contributed by atoms with Crippen LogP contribution in [0.4, 0.5) is 11.4 Å². The molecule has 1 unspecified atom stereocenters. The Bertz CT molecular complexity index is 1610. The predicted molar refractivity (Wildman–Crippen MR) is 162 cm³/mol. The number of halogens is 1. The van der Waals surface area contributed by atoms with Gasteiger partial charge in [-0.05, 0) is 67.2 Å². The number of aromatic nitrogens is 1. The summed E-state index contributed by atoms with van der Waals surface area (Å²) in [4.78, 5) is 48.5. The molecule has 5 rings (SSSR count). The second-order valence-electron chi connectivity index (χ2n) is 9.73. The Balaban J connectivity index is 1.65. The molecule has 0 saturated heterocycles. The molecule has 0 radical (unpaired) electrons. The summed E-state index contributed by atoms with van der Waals surface area (Å²) < 4.78 is 6.67. The van der Waals surface area contributed by atoms with Gasteiger partial charge in [0.05, 0.1) is 37.6 Å². The molecule has 0 aliphatic carbocycles. The Morgan fingerprint density at radius 1 is 1.07 bits per heavy atom. The van der Waals surface area contributed by atoms with Crippen LogP contribution in [0.25, 0.3) is 10.8 Å². The van der Waals surface area contributed by atoms with Crippen molar-refractivity contribution in [2.45, 2.75) is 25.6 Å². The van der Waals surface area contributed by atoms with Crippen molar-refractivity contribution in [3.63, 3.8) is 0 Å². The van der Waals surface area contributed by atoms with Gasteiger partial charge in [0.25, 0.3) is 11.8 Å². The number of hydrogen-bond donors (Lipinski definition) is 2. The molecular formula is C31H30BrN5O4. The van der Waals surface area contributed by atoms with Crippen LogP contribution in [0.5, 0.6) is 5.75 Å². The average molecular weight is 617 g/mol. The maximum absolute atomic E-state index is 14.3. The SMILES string of the molecule is CNC(C)C(=O)N[C@H]1CN(C(=O)c2ccccn2)c2ccccc2N(Cc2c(OC)ccc3cc(Br)ccc23)C1=O. The lowest BCUT2D eigenvalue weighted by Gasteiger charge is -2.27. The molecule has 10 heteroatoms. The van der Waals surface area contributed by atoms with Gasteiger partial charge < -0.3 is 25.2 Å². The molecule has 0 fully saturated rings. The Morgan fingerprint density at radius 2 is 1.83 bits per heavy atom. The molecule has 3 amide bonds. The quantitative estimate of drug-likeness (QED) is 0.321. The molecule has 1 aliphatic rings. The fourth-order valence-electron chi connectivity index (χ4n) is 4.96. The highest BCUT2D eigenvalue weighted by Gasteiger charge is 2.38. The number of carbonyl (C=O) groups excluding carboxylic acids is 3. The molecule has 0 spiro atoms. The predicted octanol–water partition coefficient (Wildman–Crippen LogP) is 4.29. The zero-order valence-corrected chi connectivity index (χ0v) is 24.5. The highest BCUT2D eigenvalue weighted by Crippen LogP contribution is 2.38. The summed E-state index contributed by atoms with van der Waals surface area (Å²) in [6.07, 6.45) is 1.55. The molecule has 2 heterocycles. The number of fused-ring (bicyclic) bond motifs is 2. The smallest absolute Gasteiger partial charge is 0.277 e. The molecular weight excluding hydrogens is 586 g/mol. The van der Waals surface area contributed by atoms with Gasteiger partial charge in [-0.3, -0.25) is 19.4 Å². The van der Waals surface area contributed by atoms with E-state index in [0.29, 0.717) is 17.1 Å². The van der Waals surface area contributed by atoms with Crippen molar-refractivity contribution in [1.82, 2.24) is 15.6 Å². The zero-order chi connectivity index (χ0) is 29.1. The number of amides is 3. The second-order valence-corrected chi connectivity index (χ2v) is 10.6. The molecule has 2 N–H and O–H groups in total. The van der Waals surface area contributed by atoms with Crippen molar-refractivity contribution in [2.24, 2.45) is 0 Å². The lowest BCUT2D eigenvalue weighted by atomic mass is 10.0.